The summed E-state index contributed by atoms with van der Waals surface area (Å²) < 4.78 is 4.03. The molecule has 0 saturated carbocycles. The van der Waals surface area contributed by atoms with Gasteiger partial charge in [0.15, 0.2) is 0 Å². The van der Waals surface area contributed by atoms with E-state index in [2.05, 4.69) is 69.0 Å². The molecule has 0 amide bonds. The smallest absolute Gasteiger partial charge is 0.0684 e. The van der Waals surface area contributed by atoms with E-state index in [9.17, 15) is 0 Å². The fourth-order valence-corrected chi connectivity index (χ4v) is 3.19. The average Bonchev–Trinajstić information content (AvgIpc) is 2.32. The molecule has 0 aromatic heterocycles. The molecule has 0 bridgehead atoms. The van der Waals surface area contributed by atoms with Crippen LogP contribution < -0.4 is 5.32 Å². The summed E-state index contributed by atoms with van der Waals surface area (Å²) in [5, 5.41) is 3.38. The molecule has 0 saturated heterocycles. The van der Waals surface area contributed by atoms with Crippen molar-refractivity contribution in [1.82, 2.24) is 0 Å². The maximum Gasteiger partial charge on any atom is 0.0684 e. The Bertz CT molecular complexity index is 554. The zero-order chi connectivity index (χ0) is 12.4. The molecule has 2 aromatic carbocycles. The van der Waals surface area contributed by atoms with Crippen molar-refractivity contribution in [3.63, 3.8) is 0 Å². The maximum atomic E-state index is 3.56. The summed E-state index contributed by atoms with van der Waals surface area (Å²) in [6.45, 7) is 0. The van der Waals surface area contributed by atoms with Crippen LogP contribution in [-0.4, -0.2) is 0 Å². The van der Waals surface area contributed by atoms with Gasteiger partial charge < -0.3 is 5.32 Å². The van der Waals surface area contributed by atoms with E-state index in [0.29, 0.717) is 0 Å². The third kappa shape index (κ3) is 3.13. The lowest BCUT2D eigenvalue weighted by atomic mass is 10.3. The summed E-state index contributed by atoms with van der Waals surface area (Å²) in [6, 6.07) is 12.0. The average molecular weight is 485 g/mol. The lowest BCUT2D eigenvalue weighted by molar-refractivity contribution is 1.46. The van der Waals surface area contributed by atoms with Gasteiger partial charge in [0.2, 0.25) is 0 Å². The van der Waals surface area contributed by atoms with E-state index in [-0.39, 0.29) is 0 Å². The Morgan fingerprint density at radius 1 is 0.706 bits per heavy atom. The quantitative estimate of drug-likeness (QED) is 0.481. The molecule has 0 aliphatic carbocycles. The van der Waals surface area contributed by atoms with Gasteiger partial charge in [0, 0.05) is 13.4 Å². The maximum absolute atomic E-state index is 3.56. The summed E-state index contributed by atoms with van der Waals surface area (Å²) >= 11 is 14.1. The Kier molecular flexibility index (Phi) is 4.69. The van der Waals surface area contributed by atoms with Gasteiger partial charge >= 0.3 is 0 Å². The molecule has 0 fully saturated rings. The van der Waals surface area contributed by atoms with Crippen molar-refractivity contribution < 1.29 is 0 Å². The summed E-state index contributed by atoms with van der Waals surface area (Å²) in [6.07, 6.45) is 0. The number of hydrogen-bond acceptors (Lipinski definition) is 1. The molecular weight excluding hydrogens is 478 g/mol. The van der Waals surface area contributed by atoms with Crippen LogP contribution in [0.5, 0.6) is 0 Å². The second-order valence-corrected chi connectivity index (χ2v) is 6.68. The zero-order valence-corrected chi connectivity index (χ0v) is 14.8. The van der Waals surface area contributed by atoms with Crippen LogP contribution in [0.4, 0.5) is 11.4 Å². The molecule has 1 nitrogen and oxygen atoms in total. The molecular formula is C12H7Br4N. The minimum absolute atomic E-state index is 0.989. The molecule has 0 unspecified atom stereocenters. The lowest BCUT2D eigenvalue weighted by Crippen LogP contribution is -1.94. The molecule has 17 heavy (non-hydrogen) atoms. The SMILES string of the molecule is Brc1ccccc1Nc1c(Br)ccc(Br)c1Br. The summed E-state index contributed by atoms with van der Waals surface area (Å²) in [5.41, 5.74) is 2.01. The topological polar surface area (TPSA) is 12.0 Å². The number of halogens is 4. The van der Waals surface area contributed by atoms with Gasteiger partial charge in [0.05, 0.1) is 15.8 Å². The lowest BCUT2D eigenvalue weighted by Gasteiger charge is -2.13. The minimum Gasteiger partial charge on any atom is -0.353 e. The van der Waals surface area contributed by atoms with E-state index in [1.807, 2.05) is 36.4 Å². The molecule has 2 rings (SSSR count). The minimum atomic E-state index is 0.989. The predicted molar refractivity (Wildman–Crippen MR) is 87.0 cm³/mol. The molecule has 0 spiro atoms. The van der Waals surface area contributed by atoms with Crippen molar-refractivity contribution in [1.29, 1.82) is 0 Å². The number of anilines is 2. The monoisotopic (exact) mass is 481 g/mol. The first-order chi connectivity index (χ1) is 8.09. The molecule has 88 valence electrons. The highest BCUT2D eigenvalue weighted by Gasteiger charge is 2.09. The standard InChI is InChI=1S/C12H7Br4N/c13-7-3-1-2-4-10(7)17-12-9(15)6-5-8(14)11(12)16/h1-6,17H. The molecule has 0 radical (unpaired) electrons. The van der Waals surface area contributed by atoms with Crippen LogP contribution in [0.3, 0.4) is 0 Å². The van der Waals surface area contributed by atoms with Gasteiger partial charge in [-0.15, -0.1) is 0 Å². The first kappa shape index (κ1) is 13.6. The van der Waals surface area contributed by atoms with Gasteiger partial charge in [-0.2, -0.15) is 0 Å². The molecule has 0 atom stereocenters. The Hall–Kier alpha value is 0.160. The summed E-state index contributed by atoms with van der Waals surface area (Å²) in [7, 11) is 0. The predicted octanol–water partition coefficient (Wildman–Crippen LogP) is 6.48. The van der Waals surface area contributed by atoms with E-state index in [1.54, 1.807) is 0 Å². The number of hydrogen-bond donors (Lipinski definition) is 1. The molecule has 0 aliphatic rings. The molecule has 5 heteroatoms. The molecule has 1 N–H and O–H groups in total. The van der Waals surface area contributed by atoms with Crippen LogP contribution in [0.25, 0.3) is 0 Å². The number of nitrogens with one attached hydrogen (secondary N) is 1. The molecule has 0 heterocycles. The molecule has 0 aliphatic heterocycles. The van der Waals surface area contributed by atoms with E-state index < -0.39 is 0 Å². The van der Waals surface area contributed by atoms with Gasteiger partial charge in [0.1, 0.15) is 0 Å². The second kappa shape index (κ2) is 5.87. The fraction of sp³-hybridized carbons (Fsp3) is 0. The van der Waals surface area contributed by atoms with Crippen molar-refractivity contribution in [3.8, 4) is 0 Å². The van der Waals surface area contributed by atoms with E-state index in [1.165, 1.54) is 0 Å². The Morgan fingerprint density at radius 3 is 2.06 bits per heavy atom. The zero-order valence-electron chi connectivity index (χ0n) is 8.48. The van der Waals surface area contributed by atoms with Crippen LogP contribution in [0, 0.1) is 0 Å². The van der Waals surface area contributed by atoms with Crippen molar-refractivity contribution in [2.45, 2.75) is 0 Å². The van der Waals surface area contributed by atoms with Gasteiger partial charge in [-0.05, 0) is 88.0 Å². The normalized spacial score (nSPS) is 10.4. The van der Waals surface area contributed by atoms with Crippen LogP contribution in [0.2, 0.25) is 0 Å². The van der Waals surface area contributed by atoms with Crippen LogP contribution in [0.15, 0.2) is 54.3 Å². The van der Waals surface area contributed by atoms with Crippen LogP contribution in [0.1, 0.15) is 0 Å². The first-order valence-electron chi connectivity index (χ1n) is 4.74. The second-order valence-electron chi connectivity index (χ2n) is 3.32. The summed E-state index contributed by atoms with van der Waals surface area (Å²) in [5.74, 6) is 0. The number of rotatable bonds is 2. The third-order valence-corrected chi connectivity index (χ3v) is 5.55. The largest absolute Gasteiger partial charge is 0.353 e. The summed E-state index contributed by atoms with van der Waals surface area (Å²) in [4.78, 5) is 0. The Balaban J connectivity index is 2.43. The van der Waals surface area contributed by atoms with Gasteiger partial charge in [-0.1, -0.05) is 12.1 Å². The van der Waals surface area contributed by atoms with E-state index >= 15 is 0 Å². The van der Waals surface area contributed by atoms with E-state index in [0.717, 1.165) is 29.3 Å². The first-order valence-corrected chi connectivity index (χ1v) is 7.92. The Labute approximate surface area is 134 Å². The Morgan fingerprint density at radius 2 is 1.35 bits per heavy atom. The van der Waals surface area contributed by atoms with Crippen LogP contribution in [-0.2, 0) is 0 Å². The third-order valence-electron chi connectivity index (χ3n) is 2.18. The highest BCUT2D eigenvalue weighted by molar-refractivity contribution is 9.13. The van der Waals surface area contributed by atoms with E-state index in [4.69, 9.17) is 0 Å². The van der Waals surface area contributed by atoms with Crippen molar-refractivity contribution >= 4 is 75.1 Å². The number of benzene rings is 2. The van der Waals surface area contributed by atoms with Crippen molar-refractivity contribution in [2.24, 2.45) is 0 Å². The molecule has 2 aromatic rings. The highest BCUT2D eigenvalue weighted by Crippen LogP contribution is 2.39. The van der Waals surface area contributed by atoms with Gasteiger partial charge in [0.25, 0.3) is 0 Å². The van der Waals surface area contributed by atoms with Crippen LogP contribution >= 0.6 is 63.7 Å². The fourth-order valence-electron chi connectivity index (χ4n) is 1.34. The van der Waals surface area contributed by atoms with Crippen molar-refractivity contribution in [3.05, 3.63) is 54.3 Å². The number of para-hydroxylation sites is 1. The van der Waals surface area contributed by atoms with Crippen molar-refractivity contribution in [2.75, 3.05) is 5.32 Å². The van der Waals surface area contributed by atoms with Gasteiger partial charge in [-0.3, -0.25) is 0 Å². The van der Waals surface area contributed by atoms with Gasteiger partial charge in [-0.25, -0.2) is 0 Å². The highest BCUT2D eigenvalue weighted by atomic mass is 79.9.